The number of ether oxygens (including phenoxy) is 1. The van der Waals surface area contributed by atoms with Gasteiger partial charge in [-0.2, -0.15) is 5.10 Å². The second-order valence-electron chi connectivity index (χ2n) is 4.21. The van der Waals surface area contributed by atoms with Crippen molar-refractivity contribution in [3.05, 3.63) is 47.1 Å². The summed E-state index contributed by atoms with van der Waals surface area (Å²) in [6.45, 7) is 0.704. The van der Waals surface area contributed by atoms with Crippen molar-refractivity contribution in [1.29, 1.82) is 0 Å². The first-order valence-corrected chi connectivity index (χ1v) is 7.12. The molecule has 5 nitrogen and oxygen atoms in total. The van der Waals surface area contributed by atoms with Crippen LogP contribution in [0.2, 0.25) is 5.02 Å². The van der Waals surface area contributed by atoms with Gasteiger partial charge in [-0.05, 0) is 42.4 Å². The lowest BCUT2D eigenvalue weighted by atomic mass is 10.1. The van der Waals surface area contributed by atoms with Gasteiger partial charge in [0, 0.05) is 6.54 Å². The van der Waals surface area contributed by atoms with E-state index in [0.29, 0.717) is 22.5 Å². The van der Waals surface area contributed by atoms with Gasteiger partial charge in [0.15, 0.2) is 10.9 Å². The van der Waals surface area contributed by atoms with E-state index >= 15 is 0 Å². The Balaban J connectivity index is 1.77. The molecule has 1 aromatic heterocycles. The van der Waals surface area contributed by atoms with Crippen molar-refractivity contribution in [2.24, 2.45) is 0 Å². The number of benzene rings is 1. The molecule has 1 heterocycles. The molecular formula is C14H15ClN4OS. The highest BCUT2D eigenvalue weighted by Gasteiger charge is 2.03. The standard InChI is InChI=1S/C14H15ClN4OS/c1-20-11-4-2-10(3-5-11)6-8-16-14(21)18-13-12(15)7-9-17-19-13/h2-5,7,9H,6,8H2,1H3,(H2,16,18,19,21). The Labute approximate surface area is 133 Å². The highest BCUT2D eigenvalue weighted by molar-refractivity contribution is 7.80. The number of hydrogen-bond donors (Lipinski definition) is 2. The summed E-state index contributed by atoms with van der Waals surface area (Å²) in [7, 11) is 1.65. The fourth-order valence-corrected chi connectivity index (χ4v) is 2.01. The normalized spacial score (nSPS) is 10.0. The maximum atomic E-state index is 5.96. The second kappa shape index (κ2) is 7.75. The Kier molecular flexibility index (Phi) is 5.71. The van der Waals surface area contributed by atoms with Gasteiger partial charge < -0.3 is 15.4 Å². The average molecular weight is 323 g/mol. The van der Waals surface area contributed by atoms with Crippen LogP contribution < -0.4 is 15.4 Å². The zero-order valence-corrected chi connectivity index (χ0v) is 13.0. The quantitative estimate of drug-likeness (QED) is 0.825. The first kappa shape index (κ1) is 15.5. The number of nitrogens with one attached hydrogen (secondary N) is 2. The van der Waals surface area contributed by atoms with E-state index in [1.807, 2.05) is 24.3 Å². The number of rotatable bonds is 5. The molecule has 0 aliphatic rings. The van der Waals surface area contributed by atoms with Gasteiger partial charge in [0.25, 0.3) is 0 Å². The van der Waals surface area contributed by atoms with Crippen molar-refractivity contribution in [1.82, 2.24) is 15.5 Å². The minimum Gasteiger partial charge on any atom is -0.497 e. The zero-order chi connectivity index (χ0) is 15.1. The van der Waals surface area contributed by atoms with Crippen LogP contribution in [0.1, 0.15) is 5.56 Å². The molecule has 0 bridgehead atoms. The van der Waals surface area contributed by atoms with Gasteiger partial charge in [0.2, 0.25) is 0 Å². The maximum Gasteiger partial charge on any atom is 0.173 e. The monoisotopic (exact) mass is 322 g/mol. The van der Waals surface area contributed by atoms with Crippen molar-refractivity contribution in [3.63, 3.8) is 0 Å². The van der Waals surface area contributed by atoms with Gasteiger partial charge in [0.1, 0.15) is 5.75 Å². The summed E-state index contributed by atoms with van der Waals surface area (Å²) in [6, 6.07) is 9.57. The Morgan fingerprint density at radius 1 is 1.29 bits per heavy atom. The van der Waals surface area contributed by atoms with Crippen LogP contribution in [0.25, 0.3) is 0 Å². The molecule has 110 valence electrons. The van der Waals surface area contributed by atoms with E-state index < -0.39 is 0 Å². The fourth-order valence-electron chi connectivity index (χ4n) is 1.67. The van der Waals surface area contributed by atoms with Gasteiger partial charge in [-0.1, -0.05) is 23.7 Å². The lowest BCUT2D eigenvalue weighted by Gasteiger charge is -2.10. The number of anilines is 1. The van der Waals surface area contributed by atoms with E-state index in [1.54, 1.807) is 13.2 Å². The molecule has 0 amide bonds. The van der Waals surface area contributed by atoms with Crippen molar-refractivity contribution < 1.29 is 4.74 Å². The predicted octanol–water partition coefficient (Wildman–Crippen LogP) is 2.67. The molecule has 7 heteroatoms. The van der Waals surface area contributed by atoms with E-state index in [9.17, 15) is 0 Å². The van der Waals surface area contributed by atoms with Gasteiger partial charge in [-0.3, -0.25) is 0 Å². The Bertz CT molecular complexity index is 606. The van der Waals surface area contributed by atoms with Crippen molar-refractivity contribution in [2.45, 2.75) is 6.42 Å². The first-order valence-electron chi connectivity index (χ1n) is 6.34. The van der Waals surface area contributed by atoms with Crippen molar-refractivity contribution in [3.8, 4) is 5.75 Å². The Hall–Kier alpha value is -1.92. The molecule has 0 unspecified atom stereocenters. The summed E-state index contributed by atoms with van der Waals surface area (Å²) in [6.07, 6.45) is 2.37. The molecule has 21 heavy (non-hydrogen) atoms. The highest BCUT2D eigenvalue weighted by Crippen LogP contribution is 2.16. The van der Waals surface area contributed by atoms with Crippen LogP contribution in [-0.4, -0.2) is 29.0 Å². The molecular weight excluding hydrogens is 308 g/mol. The molecule has 0 aliphatic heterocycles. The summed E-state index contributed by atoms with van der Waals surface area (Å²) in [5, 5.41) is 14.6. The van der Waals surface area contributed by atoms with Crippen molar-refractivity contribution >= 4 is 34.7 Å². The molecule has 0 aliphatic carbocycles. The number of thiocarbonyl (C=S) groups is 1. The Morgan fingerprint density at radius 2 is 2.05 bits per heavy atom. The van der Waals surface area contributed by atoms with Crippen LogP contribution >= 0.6 is 23.8 Å². The minimum absolute atomic E-state index is 0.445. The largest absolute Gasteiger partial charge is 0.497 e. The van der Waals surface area contributed by atoms with Crippen LogP contribution in [-0.2, 0) is 6.42 Å². The smallest absolute Gasteiger partial charge is 0.173 e. The van der Waals surface area contributed by atoms with Crippen LogP contribution in [0.5, 0.6) is 5.75 Å². The van der Waals surface area contributed by atoms with E-state index in [-0.39, 0.29) is 0 Å². The molecule has 0 fully saturated rings. The predicted molar refractivity (Wildman–Crippen MR) is 88.0 cm³/mol. The van der Waals surface area contributed by atoms with Gasteiger partial charge in [-0.15, -0.1) is 5.10 Å². The van der Waals surface area contributed by atoms with E-state index in [0.717, 1.165) is 12.2 Å². The first-order chi connectivity index (χ1) is 10.2. The third kappa shape index (κ3) is 4.84. The zero-order valence-electron chi connectivity index (χ0n) is 11.5. The van der Waals surface area contributed by atoms with E-state index in [4.69, 9.17) is 28.6 Å². The third-order valence-electron chi connectivity index (χ3n) is 2.76. The number of nitrogens with zero attached hydrogens (tertiary/aromatic N) is 2. The van der Waals surface area contributed by atoms with Crippen LogP contribution in [0.4, 0.5) is 5.82 Å². The molecule has 0 radical (unpaired) electrons. The molecule has 0 atom stereocenters. The molecule has 2 N–H and O–H groups in total. The summed E-state index contributed by atoms with van der Waals surface area (Å²) < 4.78 is 5.12. The second-order valence-corrected chi connectivity index (χ2v) is 5.02. The fraction of sp³-hybridized carbons (Fsp3) is 0.214. The summed E-state index contributed by atoms with van der Waals surface area (Å²) in [5.41, 5.74) is 1.20. The van der Waals surface area contributed by atoms with Crippen LogP contribution in [0.3, 0.4) is 0 Å². The molecule has 2 aromatic rings. The molecule has 0 spiro atoms. The van der Waals surface area contributed by atoms with E-state index in [1.165, 1.54) is 11.8 Å². The number of methoxy groups -OCH3 is 1. The highest BCUT2D eigenvalue weighted by atomic mass is 35.5. The van der Waals surface area contributed by atoms with Gasteiger partial charge in [-0.25, -0.2) is 0 Å². The number of hydrogen-bond acceptors (Lipinski definition) is 4. The average Bonchev–Trinajstić information content (AvgIpc) is 2.50. The maximum absolute atomic E-state index is 5.96. The number of halogens is 1. The van der Waals surface area contributed by atoms with Crippen molar-refractivity contribution in [2.75, 3.05) is 19.0 Å². The summed E-state index contributed by atoms with van der Waals surface area (Å²) >= 11 is 11.1. The summed E-state index contributed by atoms with van der Waals surface area (Å²) in [5.74, 6) is 1.29. The molecule has 0 saturated carbocycles. The van der Waals surface area contributed by atoms with Gasteiger partial charge >= 0.3 is 0 Å². The topological polar surface area (TPSA) is 59.1 Å². The lowest BCUT2D eigenvalue weighted by Crippen LogP contribution is -2.30. The van der Waals surface area contributed by atoms with Crippen LogP contribution in [0.15, 0.2) is 36.5 Å². The molecule has 2 rings (SSSR count). The van der Waals surface area contributed by atoms with E-state index in [2.05, 4.69) is 20.8 Å². The minimum atomic E-state index is 0.445. The van der Waals surface area contributed by atoms with Gasteiger partial charge in [0.05, 0.1) is 18.3 Å². The lowest BCUT2D eigenvalue weighted by molar-refractivity contribution is 0.414. The third-order valence-corrected chi connectivity index (χ3v) is 3.31. The number of aromatic nitrogens is 2. The van der Waals surface area contributed by atoms with Crippen LogP contribution in [0, 0.1) is 0 Å². The SMILES string of the molecule is COc1ccc(CCNC(=S)Nc2nnccc2Cl)cc1. The molecule has 1 aromatic carbocycles. The summed E-state index contributed by atoms with van der Waals surface area (Å²) in [4.78, 5) is 0. The molecule has 0 saturated heterocycles. The Morgan fingerprint density at radius 3 is 2.71 bits per heavy atom.